The molecule has 1 aromatic carbocycles. The van der Waals surface area contributed by atoms with Crippen molar-refractivity contribution in [3.8, 4) is 0 Å². The second-order valence-corrected chi connectivity index (χ2v) is 5.01. The number of hydrogen-bond acceptors (Lipinski definition) is 1. The quantitative estimate of drug-likeness (QED) is 0.826. The summed E-state index contributed by atoms with van der Waals surface area (Å²) in [5.74, 6) is -0.0409. The lowest BCUT2D eigenvalue weighted by Gasteiger charge is -2.21. The second-order valence-electron chi connectivity index (χ2n) is 3.77. The molecule has 1 nitrogen and oxygen atoms in total. The van der Waals surface area contributed by atoms with E-state index in [1.807, 2.05) is 20.9 Å². The molecule has 0 radical (unpaired) electrons. The first-order valence-corrected chi connectivity index (χ1v) is 5.96. The molecule has 0 aromatic heterocycles. The molecule has 0 heterocycles. The van der Waals surface area contributed by atoms with E-state index >= 15 is 0 Å². The average Bonchev–Trinajstić information content (AvgIpc) is 2.18. The first-order valence-electron chi connectivity index (χ1n) is 4.79. The van der Waals surface area contributed by atoms with Crippen molar-refractivity contribution < 1.29 is 4.39 Å². The highest BCUT2D eigenvalue weighted by Crippen LogP contribution is 2.32. The number of halogens is 3. The lowest BCUT2D eigenvalue weighted by atomic mass is 9.96. The maximum Gasteiger partial charge on any atom is 0.147 e. The lowest BCUT2D eigenvalue weighted by molar-refractivity contribution is 0.424. The molecule has 0 bridgehead atoms. The van der Waals surface area contributed by atoms with E-state index in [1.165, 1.54) is 0 Å². The van der Waals surface area contributed by atoms with Crippen molar-refractivity contribution in [3.05, 3.63) is 33.0 Å². The summed E-state index contributed by atoms with van der Waals surface area (Å²) < 4.78 is 14.4. The molecule has 0 saturated carbocycles. The zero-order chi connectivity index (χ0) is 11.6. The minimum atomic E-state index is -0.348. The van der Waals surface area contributed by atoms with Gasteiger partial charge < -0.3 is 5.32 Å². The van der Waals surface area contributed by atoms with Crippen molar-refractivity contribution in [1.82, 2.24) is 5.32 Å². The van der Waals surface area contributed by atoms with Crippen LogP contribution in [0.25, 0.3) is 0 Å². The number of hydrogen-bond donors (Lipinski definition) is 1. The smallest absolute Gasteiger partial charge is 0.147 e. The summed E-state index contributed by atoms with van der Waals surface area (Å²) >= 11 is 9.03. The summed E-state index contributed by atoms with van der Waals surface area (Å²) in [6.45, 7) is 4.08. The third-order valence-electron chi connectivity index (χ3n) is 2.38. The Morgan fingerprint density at radius 2 is 2.00 bits per heavy atom. The molecule has 0 aliphatic carbocycles. The Morgan fingerprint density at radius 3 is 2.47 bits per heavy atom. The minimum Gasteiger partial charge on any atom is -0.313 e. The number of nitrogens with one attached hydrogen (secondary N) is 1. The Balaban J connectivity index is 3.19. The lowest BCUT2D eigenvalue weighted by Crippen LogP contribution is -2.22. The van der Waals surface area contributed by atoms with Gasteiger partial charge in [0.2, 0.25) is 0 Å². The van der Waals surface area contributed by atoms with Crippen molar-refractivity contribution in [2.75, 3.05) is 7.05 Å². The molecule has 84 valence electrons. The van der Waals surface area contributed by atoms with Gasteiger partial charge in [0, 0.05) is 16.1 Å². The summed E-state index contributed by atoms with van der Waals surface area (Å²) in [6.07, 6.45) is 0. The standard InChI is InChI=1S/C11H14BrClFN/c1-6(2)11(15-3)7-4-5-8(12)9(13)10(7)14/h4-6,11,15H,1-3H3. The van der Waals surface area contributed by atoms with Crippen LogP contribution in [0.4, 0.5) is 4.39 Å². The molecule has 1 unspecified atom stereocenters. The van der Waals surface area contributed by atoms with E-state index in [0.717, 1.165) is 0 Å². The number of rotatable bonds is 3. The Hall–Kier alpha value is -0.120. The van der Waals surface area contributed by atoms with Crippen molar-refractivity contribution in [3.63, 3.8) is 0 Å². The normalized spacial score (nSPS) is 13.3. The van der Waals surface area contributed by atoms with Gasteiger partial charge in [-0.3, -0.25) is 0 Å². The third-order valence-corrected chi connectivity index (χ3v) is 3.64. The first kappa shape index (κ1) is 12.9. The van der Waals surface area contributed by atoms with Gasteiger partial charge >= 0.3 is 0 Å². The molecular weight excluding hydrogens is 280 g/mol. The van der Waals surface area contributed by atoms with Crippen LogP contribution in [0.15, 0.2) is 16.6 Å². The van der Waals surface area contributed by atoms with E-state index in [9.17, 15) is 4.39 Å². The first-order chi connectivity index (χ1) is 6.99. The van der Waals surface area contributed by atoms with Gasteiger partial charge in [-0.05, 0) is 35.0 Å². The van der Waals surface area contributed by atoms with Crippen LogP contribution >= 0.6 is 27.5 Å². The maximum atomic E-state index is 13.9. The van der Waals surface area contributed by atoms with E-state index in [0.29, 0.717) is 16.0 Å². The second kappa shape index (κ2) is 5.28. The molecule has 1 aromatic rings. The van der Waals surface area contributed by atoms with E-state index in [-0.39, 0.29) is 16.9 Å². The van der Waals surface area contributed by atoms with E-state index in [4.69, 9.17) is 11.6 Å². The zero-order valence-electron chi connectivity index (χ0n) is 8.94. The van der Waals surface area contributed by atoms with Crippen LogP contribution in [-0.4, -0.2) is 7.05 Å². The summed E-state index contributed by atoms with van der Waals surface area (Å²) in [5.41, 5.74) is 0.612. The Morgan fingerprint density at radius 1 is 1.40 bits per heavy atom. The molecular formula is C11H14BrClFN. The van der Waals surface area contributed by atoms with Gasteiger partial charge in [0.25, 0.3) is 0 Å². The highest BCUT2D eigenvalue weighted by atomic mass is 79.9. The topological polar surface area (TPSA) is 12.0 Å². The Bertz CT molecular complexity index is 355. The van der Waals surface area contributed by atoms with E-state index in [2.05, 4.69) is 21.2 Å². The van der Waals surface area contributed by atoms with Gasteiger partial charge in [-0.2, -0.15) is 0 Å². The molecule has 4 heteroatoms. The Kier molecular flexibility index (Phi) is 4.56. The third kappa shape index (κ3) is 2.71. The summed E-state index contributed by atoms with van der Waals surface area (Å²) in [5, 5.41) is 3.24. The highest BCUT2D eigenvalue weighted by molar-refractivity contribution is 9.10. The largest absolute Gasteiger partial charge is 0.313 e. The molecule has 15 heavy (non-hydrogen) atoms. The molecule has 0 saturated heterocycles. The van der Waals surface area contributed by atoms with Crippen LogP contribution in [0.5, 0.6) is 0 Å². The fourth-order valence-electron chi connectivity index (χ4n) is 1.63. The van der Waals surface area contributed by atoms with Crippen molar-refractivity contribution in [2.45, 2.75) is 19.9 Å². The van der Waals surface area contributed by atoms with Crippen LogP contribution in [0.1, 0.15) is 25.5 Å². The predicted octanol–water partition coefficient (Wildman–Crippen LogP) is 4.16. The van der Waals surface area contributed by atoms with Gasteiger partial charge in [0.1, 0.15) is 5.82 Å². The van der Waals surface area contributed by atoms with Gasteiger partial charge in [-0.25, -0.2) is 4.39 Å². The molecule has 0 aliphatic heterocycles. The summed E-state index contributed by atoms with van der Waals surface area (Å²) in [4.78, 5) is 0. The van der Waals surface area contributed by atoms with E-state index < -0.39 is 0 Å². The summed E-state index contributed by atoms with van der Waals surface area (Å²) in [7, 11) is 1.82. The number of benzene rings is 1. The van der Waals surface area contributed by atoms with Crippen LogP contribution in [0.2, 0.25) is 5.02 Å². The molecule has 1 N–H and O–H groups in total. The minimum absolute atomic E-state index is 0.0180. The highest BCUT2D eigenvalue weighted by Gasteiger charge is 2.20. The maximum absolute atomic E-state index is 13.9. The molecule has 0 amide bonds. The fourth-order valence-corrected chi connectivity index (χ4v) is 2.11. The predicted molar refractivity (Wildman–Crippen MR) is 65.7 cm³/mol. The molecule has 0 fully saturated rings. The van der Waals surface area contributed by atoms with Crippen LogP contribution in [0, 0.1) is 11.7 Å². The van der Waals surface area contributed by atoms with Gasteiger partial charge in [0.15, 0.2) is 0 Å². The van der Waals surface area contributed by atoms with E-state index in [1.54, 1.807) is 12.1 Å². The fraction of sp³-hybridized carbons (Fsp3) is 0.455. The Labute approximate surface area is 103 Å². The summed E-state index contributed by atoms with van der Waals surface area (Å²) in [6, 6.07) is 3.51. The monoisotopic (exact) mass is 293 g/mol. The van der Waals surface area contributed by atoms with Crippen molar-refractivity contribution in [1.29, 1.82) is 0 Å². The van der Waals surface area contributed by atoms with Crippen molar-refractivity contribution >= 4 is 27.5 Å². The van der Waals surface area contributed by atoms with Gasteiger partial charge in [-0.1, -0.05) is 31.5 Å². The van der Waals surface area contributed by atoms with Crippen LogP contribution in [0.3, 0.4) is 0 Å². The molecule has 1 rings (SSSR count). The molecule has 0 aliphatic rings. The van der Waals surface area contributed by atoms with Gasteiger partial charge in [-0.15, -0.1) is 0 Å². The molecule has 0 spiro atoms. The SMILES string of the molecule is CNC(c1ccc(Br)c(Cl)c1F)C(C)C. The van der Waals surface area contributed by atoms with Crippen molar-refractivity contribution in [2.24, 2.45) is 5.92 Å². The van der Waals surface area contributed by atoms with Crippen LogP contribution < -0.4 is 5.32 Å². The average molecular weight is 295 g/mol. The van der Waals surface area contributed by atoms with Gasteiger partial charge in [0.05, 0.1) is 5.02 Å². The molecule has 1 atom stereocenters. The zero-order valence-corrected chi connectivity index (χ0v) is 11.3. The van der Waals surface area contributed by atoms with Crippen LogP contribution in [-0.2, 0) is 0 Å².